The Hall–Kier alpha value is -0.0800. The van der Waals surface area contributed by atoms with E-state index in [2.05, 4.69) is 51.8 Å². The fraction of sp³-hybridized carbons (Fsp3) is 1.00. The van der Waals surface area contributed by atoms with Gasteiger partial charge >= 0.3 is 0 Å². The molecule has 1 N–H and O–H groups in total. The van der Waals surface area contributed by atoms with Gasteiger partial charge in [-0.15, -0.1) is 0 Å². The molecule has 0 aliphatic heterocycles. The fourth-order valence-electron chi connectivity index (χ4n) is 4.13. The molecule has 0 bridgehead atoms. The lowest BCUT2D eigenvalue weighted by atomic mass is 9.72. The Bertz CT molecular complexity index is 232. The Kier molecular flexibility index (Phi) is 5.67. The Morgan fingerprint density at radius 1 is 1.06 bits per heavy atom. The molecule has 2 heteroatoms. The number of hydrogen-bond acceptors (Lipinski definition) is 2. The third kappa shape index (κ3) is 3.08. The van der Waals surface area contributed by atoms with Crippen LogP contribution in [-0.4, -0.2) is 36.1 Å². The minimum absolute atomic E-state index is 0.322. The Labute approximate surface area is 115 Å². The van der Waals surface area contributed by atoms with Crippen LogP contribution in [0.3, 0.4) is 0 Å². The van der Waals surface area contributed by atoms with Crippen molar-refractivity contribution in [2.75, 3.05) is 19.6 Å². The van der Waals surface area contributed by atoms with E-state index in [-0.39, 0.29) is 0 Å². The second-order valence-corrected chi connectivity index (χ2v) is 6.84. The number of rotatable bonds is 6. The molecule has 18 heavy (non-hydrogen) atoms. The van der Waals surface area contributed by atoms with Gasteiger partial charge in [0, 0.05) is 11.6 Å². The van der Waals surface area contributed by atoms with Gasteiger partial charge in [-0.2, -0.15) is 0 Å². The average molecular weight is 254 g/mol. The summed E-state index contributed by atoms with van der Waals surface area (Å²) in [6.45, 7) is 17.5. The van der Waals surface area contributed by atoms with Crippen molar-refractivity contribution < 1.29 is 0 Å². The van der Waals surface area contributed by atoms with E-state index in [9.17, 15) is 0 Å². The van der Waals surface area contributed by atoms with Crippen LogP contribution in [0, 0.1) is 5.41 Å². The minimum atomic E-state index is 0.322. The van der Waals surface area contributed by atoms with E-state index in [1.165, 1.54) is 38.8 Å². The Balaban J connectivity index is 3.06. The summed E-state index contributed by atoms with van der Waals surface area (Å²) in [5.41, 5.74) is 0.709. The molecular formula is C16H34N2. The average Bonchev–Trinajstić information content (AvgIpc) is 2.76. The van der Waals surface area contributed by atoms with Crippen LogP contribution in [-0.2, 0) is 0 Å². The summed E-state index contributed by atoms with van der Waals surface area (Å²) in [6, 6.07) is 0.595. The van der Waals surface area contributed by atoms with Crippen LogP contribution in [0.25, 0.3) is 0 Å². The van der Waals surface area contributed by atoms with Crippen LogP contribution < -0.4 is 5.32 Å². The maximum atomic E-state index is 3.81. The molecule has 1 aliphatic rings. The standard InChI is InChI=1S/C16H34N2/c1-7-17-14(15(4,5)6)16(12-10-11-13-16)18(8-2)9-3/h14,17H,7-13H2,1-6H3. The second-order valence-electron chi connectivity index (χ2n) is 6.84. The summed E-state index contributed by atoms with van der Waals surface area (Å²) >= 11 is 0. The maximum Gasteiger partial charge on any atom is 0.0367 e. The highest BCUT2D eigenvalue weighted by atomic mass is 15.2. The van der Waals surface area contributed by atoms with E-state index in [1.54, 1.807) is 0 Å². The highest BCUT2D eigenvalue weighted by molar-refractivity contribution is 5.07. The second kappa shape index (κ2) is 6.38. The van der Waals surface area contributed by atoms with Crippen LogP contribution in [0.2, 0.25) is 0 Å². The number of likely N-dealkylation sites (N-methyl/N-ethyl adjacent to an activating group) is 2. The lowest BCUT2D eigenvalue weighted by molar-refractivity contribution is 0.0194. The van der Waals surface area contributed by atoms with Gasteiger partial charge in [0.25, 0.3) is 0 Å². The van der Waals surface area contributed by atoms with Gasteiger partial charge in [-0.3, -0.25) is 4.90 Å². The van der Waals surface area contributed by atoms with Crippen molar-refractivity contribution in [1.82, 2.24) is 10.2 Å². The third-order valence-corrected chi connectivity index (χ3v) is 4.67. The SMILES string of the molecule is CCNC(C(C)(C)C)C1(N(CC)CC)CCCC1. The number of nitrogens with one attached hydrogen (secondary N) is 1. The van der Waals surface area contributed by atoms with Crippen molar-refractivity contribution in [3.63, 3.8) is 0 Å². The predicted octanol–water partition coefficient (Wildman–Crippen LogP) is 3.67. The summed E-state index contributed by atoms with van der Waals surface area (Å²) in [6.07, 6.45) is 5.52. The normalized spacial score (nSPS) is 21.5. The molecule has 108 valence electrons. The van der Waals surface area contributed by atoms with E-state index >= 15 is 0 Å². The monoisotopic (exact) mass is 254 g/mol. The first-order valence-electron chi connectivity index (χ1n) is 7.90. The molecule has 0 aromatic rings. The molecular weight excluding hydrogens is 220 g/mol. The number of nitrogens with zero attached hydrogens (tertiary/aromatic N) is 1. The van der Waals surface area contributed by atoms with Crippen molar-refractivity contribution in [2.45, 2.75) is 78.8 Å². The quantitative estimate of drug-likeness (QED) is 0.778. The minimum Gasteiger partial charge on any atom is -0.312 e. The molecule has 0 heterocycles. The molecule has 1 unspecified atom stereocenters. The molecule has 2 nitrogen and oxygen atoms in total. The van der Waals surface area contributed by atoms with Crippen LogP contribution in [0.5, 0.6) is 0 Å². The topological polar surface area (TPSA) is 15.3 Å². The van der Waals surface area contributed by atoms with Crippen molar-refractivity contribution in [2.24, 2.45) is 5.41 Å². The lowest BCUT2D eigenvalue weighted by Gasteiger charge is -2.51. The highest BCUT2D eigenvalue weighted by Crippen LogP contribution is 2.43. The molecule has 1 saturated carbocycles. The van der Waals surface area contributed by atoms with E-state index < -0.39 is 0 Å². The van der Waals surface area contributed by atoms with Gasteiger partial charge in [-0.05, 0) is 37.9 Å². The van der Waals surface area contributed by atoms with Gasteiger partial charge in [-0.25, -0.2) is 0 Å². The van der Waals surface area contributed by atoms with E-state index in [0.29, 0.717) is 17.0 Å². The van der Waals surface area contributed by atoms with E-state index in [1.807, 2.05) is 0 Å². The van der Waals surface area contributed by atoms with Gasteiger partial charge in [0.2, 0.25) is 0 Å². The summed E-state index contributed by atoms with van der Waals surface area (Å²) in [7, 11) is 0. The van der Waals surface area contributed by atoms with E-state index in [0.717, 1.165) is 6.54 Å². The van der Waals surface area contributed by atoms with Gasteiger partial charge in [-0.1, -0.05) is 54.4 Å². The fourth-order valence-corrected chi connectivity index (χ4v) is 4.13. The van der Waals surface area contributed by atoms with Crippen LogP contribution in [0.1, 0.15) is 67.2 Å². The molecule has 0 spiro atoms. The maximum absolute atomic E-state index is 3.81. The zero-order valence-electron chi connectivity index (χ0n) is 13.5. The molecule has 1 rings (SSSR count). The summed E-state index contributed by atoms with van der Waals surface area (Å²) in [5, 5.41) is 3.81. The summed E-state index contributed by atoms with van der Waals surface area (Å²) in [4.78, 5) is 2.72. The molecule has 1 fully saturated rings. The number of hydrogen-bond donors (Lipinski definition) is 1. The predicted molar refractivity (Wildman–Crippen MR) is 81.0 cm³/mol. The molecule has 1 atom stereocenters. The van der Waals surface area contributed by atoms with Crippen molar-refractivity contribution in [3.8, 4) is 0 Å². The highest BCUT2D eigenvalue weighted by Gasteiger charge is 2.48. The van der Waals surface area contributed by atoms with Crippen LogP contribution >= 0.6 is 0 Å². The zero-order valence-corrected chi connectivity index (χ0v) is 13.5. The molecule has 0 radical (unpaired) electrons. The third-order valence-electron chi connectivity index (χ3n) is 4.67. The van der Waals surface area contributed by atoms with Crippen molar-refractivity contribution in [3.05, 3.63) is 0 Å². The van der Waals surface area contributed by atoms with Gasteiger partial charge in [0.1, 0.15) is 0 Å². The first-order valence-corrected chi connectivity index (χ1v) is 7.90. The molecule has 0 amide bonds. The van der Waals surface area contributed by atoms with Crippen molar-refractivity contribution >= 4 is 0 Å². The molecule has 0 saturated heterocycles. The molecule has 0 aromatic carbocycles. The first-order chi connectivity index (χ1) is 8.42. The Morgan fingerprint density at radius 2 is 1.56 bits per heavy atom. The van der Waals surface area contributed by atoms with Gasteiger partial charge < -0.3 is 5.32 Å². The smallest absolute Gasteiger partial charge is 0.0367 e. The van der Waals surface area contributed by atoms with E-state index in [4.69, 9.17) is 0 Å². The largest absolute Gasteiger partial charge is 0.312 e. The van der Waals surface area contributed by atoms with Crippen LogP contribution in [0.4, 0.5) is 0 Å². The van der Waals surface area contributed by atoms with Crippen molar-refractivity contribution in [1.29, 1.82) is 0 Å². The molecule has 0 aromatic heterocycles. The molecule has 1 aliphatic carbocycles. The first kappa shape index (κ1) is 16.0. The van der Waals surface area contributed by atoms with Gasteiger partial charge in [0.05, 0.1) is 0 Å². The summed E-state index contributed by atoms with van der Waals surface area (Å²) in [5.74, 6) is 0. The lowest BCUT2D eigenvalue weighted by Crippen LogP contribution is -2.64. The summed E-state index contributed by atoms with van der Waals surface area (Å²) < 4.78 is 0. The van der Waals surface area contributed by atoms with Crippen LogP contribution in [0.15, 0.2) is 0 Å². The zero-order chi connectivity index (χ0) is 13.8. The van der Waals surface area contributed by atoms with Gasteiger partial charge in [0.15, 0.2) is 0 Å². The Morgan fingerprint density at radius 3 is 1.89 bits per heavy atom.